The van der Waals surface area contributed by atoms with Crippen LogP contribution in [0.5, 0.6) is 0 Å². The zero-order chi connectivity index (χ0) is 23.5. The Kier molecular flexibility index (Phi) is 6.24. The van der Waals surface area contributed by atoms with Crippen LogP contribution in [0.2, 0.25) is 0 Å². The summed E-state index contributed by atoms with van der Waals surface area (Å²) in [5, 5.41) is 19.9. The highest BCUT2D eigenvalue weighted by molar-refractivity contribution is 8.00. The number of hydrogen-bond donors (Lipinski definition) is 1. The molecule has 1 saturated heterocycles. The van der Waals surface area contributed by atoms with Crippen LogP contribution in [0.3, 0.4) is 0 Å². The lowest BCUT2D eigenvalue weighted by molar-refractivity contribution is -0.132. The largest absolute Gasteiger partial charge is 0.507 e. The minimum absolute atomic E-state index is 0.0380. The van der Waals surface area contributed by atoms with Gasteiger partial charge in [0.15, 0.2) is 4.34 Å². The maximum absolute atomic E-state index is 13.2. The SMILES string of the molecule is O=C1C(=O)N(c2nnc(SCc3ccccc3)s2)C(c2ccccc2)/C1=C(/O)c1ccccc1. The van der Waals surface area contributed by atoms with Gasteiger partial charge in [-0.15, -0.1) is 10.2 Å². The predicted octanol–water partition coefficient (Wildman–Crippen LogP) is 5.46. The van der Waals surface area contributed by atoms with Gasteiger partial charge in [-0.1, -0.05) is 114 Å². The minimum Gasteiger partial charge on any atom is -0.507 e. The molecule has 1 aromatic heterocycles. The van der Waals surface area contributed by atoms with Gasteiger partial charge >= 0.3 is 5.91 Å². The standard InChI is InChI=1S/C26H19N3O3S2/c30-22(19-14-8-3-9-15-19)20-21(18-12-6-2-7-13-18)29(24(32)23(20)31)25-27-28-26(34-25)33-16-17-10-4-1-5-11-17/h1-15,21,30H,16H2/b22-20-. The summed E-state index contributed by atoms with van der Waals surface area (Å²) >= 11 is 2.77. The summed E-state index contributed by atoms with van der Waals surface area (Å²) in [6, 6.07) is 27.1. The molecule has 0 radical (unpaired) electrons. The highest BCUT2D eigenvalue weighted by Gasteiger charge is 2.48. The topological polar surface area (TPSA) is 83.4 Å². The van der Waals surface area contributed by atoms with E-state index in [2.05, 4.69) is 10.2 Å². The molecule has 0 bridgehead atoms. The van der Waals surface area contributed by atoms with Crippen molar-refractivity contribution >= 4 is 45.7 Å². The van der Waals surface area contributed by atoms with Gasteiger partial charge in [-0.05, 0) is 11.1 Å². The smallest absolute Gasteiger partial charge is 0.301 e. The van der Waals surface area contributed by atoms with Crippen LogP contribution in [0.4, 0.5) is 5.13 Å². The van der Waals surface area contributed by atoms with Crippen molar-refractivity contribution in [3.63, 3.8) is 0 Å². The van der Waals surface area contributed by atoms with Crippen LogP contribution in [0.1, 0.15) is 22.7 Å². The molecule has 0 aliphatic carbocycles. The zero-order valence-corrected chi connectivity index (χ0v) is 19.5. The summed E-state index contributed by atoms with van der Waals surface area (Å²) in [5.41, 5.74) is 2.36. The van der Waals surface area contributed by atoms with Crippen LogP contribution in [-0.4, -0.2) is 27.0 Å². The van der Waals surface area contributed by atoms with E-state index in [9.17, 15) is 14.7 Å². The van der Waals surface area contributed by atoms with E-state index >= 15 is 0 Å². The summed E-state index contributed by atoms with van der Waals surface area (Å²) in [7, 11) is 0. The molecule has 1 N–H and O–H groups in total. The molecule has 1 unspecified atom stereocenters. The van der Waals surface area contributed by atoms with Crippen LogP contribution in [0, 0.1) is 0 Å². The van der Waals surface area contributed by atoms with Crippen molar-refractivity contribution in [1.82, 2.24) is 10.2 Å². The lowest BCUT2D eigenvalue weighted by Crippen LogP contribution is -2.29. The molecule has 0 saturated carbocycles. The first kappa shape index (κ1) is 22.1. The van der Waals surface area contributed by atoms with Gasteiger partial charge in [0.1, 0.15) is 5.76 Å². The molecule has 1 aliphatic rings. The van der Waals surface area contributed by atoms with Gasteiger partial charge in [0.05, 0.1) is 11.6 Å². The third-order valence-electron chi connectivity index (χ3n) is 5.41. The number of aliphatic hydroxyl groups is 1. The number of Topliss-reactive ketones (excluding diaryl/α,β-unsaturated/α-hetero) is 1. The van der Waals surface area contributed by atoms with Crippen molar-refractivity contribution in [3.8, 4) is 0 Å². The van der Waals surface area contributed by atoms with Gasteiger partial charge in [0.2, 0.25) is 5.13 Å². The van der Waals surface area contributed by atoms with E-state index in [1.54, 1.807) is 24.3 Å². The molecule has 168 valence electrons. The second-order valence-electron chi connectivity index (χ2n) is 7.57. The van der Waals surface area contributed by atoms with Gasteiger partial charge in [-0.25, -0.2) is 0 Å². The third kappa shape index (κ3) is 4.25. The molecular weight excluding hydrogens is 466 g/mol. The summed E-state index contributed by atoms with van der Waals surface area (Å²) in [6.07, 6.45) is 0. The Hall–Kier alpha value is -3.75. The first-order valence-electron chi connectivity index (χ1n) is 10.5. The molecule has 1 atom stereocenters. The van der Waals surface area contributed by atoms with E-state index in [1.165, 1.54) is 28.0 Å². The van der Waals surface area contributed by atoms with Gasteiger partial charge < -0.3 is 5.11 Å². The Balaban J connectivity index is 1.53. The zero-order valence-electron chi connectivity index (χ0n) is 17.9. The maximum atomic E-state index is 13.2. The number of hydrogen-bond acceptors (Lipinski definition) is 7. The summed E-state index contributed by atoms with van der Waals surface area (Å²) < 4.78 is 0.690. The molecule has 34 heavy (non-hydrogen) atoms. The second kappa shape index (κ2) is 9.62. The lowest BCUT2D eigenvalue weighted by Gasteiger charge is -2.22. The van der Waals surface area contributed by atoms with Gasteiger partial charge in [-0.3, -0.25) is 14.5 Å². The van der Waals surface area contributed by atoms with E-state index < -0.39 is 17.7 Å². The quantitative estimate of drug-likeness (QED) is 0.128. The Bertz CT molecular complexity index is 1360. The highest BCUT2D eigenvalue weighted by atomic mass is 32.2. The molecule has 3 aromatic carbocycles. The van der Waals surface area contributed by atoms with E-state index in [-0.39, 0.29) is 11.3 Å². The Morgan fingerprint density at radius 2 is 1.50 bits per heavy atom. The molecule has 1 fully saturated rings. The number of aromatic nitrogens is 2. The van der Waals surface area contributed by atoms with Crippen molar-refractivity contribution in [2.24, 2.45) is 0 Å². The van der Waals surface area contributed by atoms with Gasteiger partial charge in [0, 0.05) is 11.3 Å². The fraction of sp³-hybridized carbons (Fsp3) is 0.0769. The van der Waals surface area contributed by atoms with E-state index in [0.717, 1.165) is 5.56 Å². The number of thioether (sulfide) groups is 1. The molecule has 4 aromatic rings. The molecule has 2 heterocycles. The van der Waals surface area contributed by atoms with Crippen molar-refractivity contribution in [2.45, 2.75) is 16.1 Å². The fourth-order valence-electron chi connectivity index (χ4n) is 3.81. The van der Waals surface area contributed by atoms with Crippen LogP contribution >= 0.6 is 23.1 Å². The lowest BCUT2D eigenvalue weighted by atomic mass is 9.95. The van der Waals surface area contributed by atoms with Crippen molar-refractivity contribution in [1.29, 1.82) is 0 Å². The summed E-state index contributed by atoms with van der Waals surface area (Å²) in [5.74, 6) is -0.978. The second-order valence-corrected chi connectivity index (χ2v) is 9.75. The van der Waals surface area contributed by atoms with Crippen molar-refractivity contribution < 1.29 is 14.7 Å². The van der Waals surface area contributed by atoms with Gasteiger partial charge in [-0.2, -0.15) is 0 Å². The van der Waals surface area contributed by atoms with E-state index in [4.69, 9.17) is 0 Å². The monoisotopic (exact) mass is 485 g/mol. The van der Waals surface area contributed by atoms with Crippen LogP contribution in [0.15, 0.2) is 101 Å². The van der Waals surface area contributed by atoms with Crippen molar-refractivity contribution in [3.05, 3.63) is 113 Å². The van der Waals surface area contributed by atoms with Crippen LogP contribution < -0.4 is 4.90 Å². The van der Waals surface area contributed by atoms with Crippen LogP contribution in [-0.2, 0) is 15.3 Å². The number of carbonyl (C=O) groups is 2. The highest BCUT2D eigenvalue weighted by Crippen LogP contribution is 2.43. The number of aliphatic hydroxyl groups excluding tert-OH is 1. The predicted molar refractivity (Wildman–Crippen MR) is 134 cm³/mol. The normalized spacial score (nSPS) is 17.3. The third-order valence-corrected chi connectivity index (χ3v) is 7.54. The first-order chi connectivity index (χ1) is 16.6. The molecule has 6 nitrogen and oxygen atoms in total. The van der Waals surface area contributed by atoms with Gasteiger partial charge in [0.25, 0.3) is 5.78 Å². The van der Waals surface area contributed by atoms with Crippen molar-refractivity contribution in [2.75, 3.05) is 4.90 Å². The average molecular weight is 486 g/mol. The average Bonchev–Trinajstić information content (AvgIpc) is 3.46. The number of amides is 1. The van der Waals surface area contributed by atoms with Crippen LogP contribution in [0.25, 0.3) is 5.76 Å². The number of ketones is 1. The number of nitrogens with zero attached hydrogens (tertiary/aromatic N) is 3. The number of anilines is 1. The van der Waals surface area contributed by atoms with E-state index in [0.29, 0.717) is 26.4 Å². The first-order valence-corrected chi connectivity index (χ1v) is 12.4. The maximum Gasteiger partial charge on any atom is 0.301 e. The fourth-order valence-corrected chi connectivity index (χ4v) is 5.63. The molecule has 5 rings (SSSR count). The number of benzene rings is 3. The summed E-state index contributed by atoms with van der Waals surface area (Å²) in [4.78, 5) is 27.7. The Morgan fingerprint density at radius 1 is 0.882 bits per heavy atom. The molecule has 1 amide bonds. The molecular formula is C26H19N3O3S2. The number of rotatable bonds is 6. The molecule has 8 heteroatoms. The minimum atomic E-state index is -0.804. The Labute approximate surface area is 204 Å². The number of carbonyl (C=O) groups excluding carboxylic acids is 2. The summed E-state index contributed by atoms with van der Waals surface area (Å²) in [6.45, 7) is 0. The molecule has 1 aliphatic heterocycles. The van der Waals surface area contributed by atoms with E-state index in [1.807, 2.05) is 66.7 Å². The Morgan fingerprint density at radius 3 is 2.18 bits per heavy atom. The molecule has 0 spiro atoms.